The van der Waals surface area contributed by atoms with E-state index >= 15 is 0 Å². The van der Waals surface area contributed by atoms with Crippen LogP contribution in [-0.2, 0) is 14.3 Å². The third kappa shape index (κ3) is 3.49. The number of carbonyl (C=O) groups is 2. The molecule has 0 fully saturated rings. The quantitative estimate of drug-likeness (QED) is 0.325. The van der Waals surface area contributed by atoms with Gasteiger partial charge in [0.2, 0.25) is 0 Å². The number of hydrogen-bond donors (Lipinski definition) is 2. The van der Waals surface area contributed by atoms with Gasteiger partial charge in [-0.05, 0) is 89.3 Å². The van der Waals surface area contributed by atoms with Crippen molar-refractivity contribution in [3.63, 3.8) is 0 Å². The van der Waals surface area contributed by atoms with Crippen LogP contribution < -0.4 is 0 Å². The number of allylic oxidation sites excluding steroid dienone is 1. The average Bonchev–Trinajstić information content (AvgIpc) is 2.90. The maximum Gasteiger partial charge on any atom is 0.347 e. The molecule has 3 rings (SSSR count). The minimum Gasteiger partial charge on any atom is -0.507 e. The molecule has 0 amide bonds. The molecule has 0 unspecified atom stereocenters. The van der Waals surface area contributed by atoms with Gasteiger partial charge >= 0.3 is 5.97 Å². The second kappa shape index (κ2) is 7.38. The summed E-state index contributed by atoms with van der Waals surface area (Å²) in [5, 5.41) is 19.5. The topological polar surface area (TPSA) is 83.8 Å². The first-order valence-electron chi connectivity index (χ1n) is 7.12. The zero-order valence-electron chi connectivity index (χ0n) is 12.8. The fourth-order valence-corrected chi connectivity index (χ4v) is 4.03. The van der Waals surface area contributed by atoms with Crippen LogP contribution in [0.1, 0.15) is 11.1 Å². The number of benzene rings is 2. The molecule has 26 heavy (non-hydrogen) atoms. The molecule has 5 nitrogen and oxygen atoms in total. The molecule has 0 bridgehead atoms. The standard InChI is InChI=1S/C18H9Br3O5/c19-11-6-9(1-2-14(11)23)16-10(7-22)18(25)26-15(16)5-8-3-12(20)17(24)13(21)4-8/h1-7,23-24H/b15-5-. The largest absolute Gasteiger partial charge is 0.507 e. The van der Waals surface area contributed by atoms with Crippen LogP contribution in [0.25, 0.3) is 11.6 Å². The fourth-order valence-electron chi connectivity index (χ4n) is 2.43. The van der Waals surface area contributed by atoms with Crippen molar-refractivity contribution in [1.29, 1.82) is 0 Å². The highest BCUT2D eigenvalue weighted by atomic mass is 79.9. The third-order valence-corrected chi connectivity index (χ3v) is 5.47. The molecule has 0 aliphatic carbocycles. The van der Waals surface area contributed by atoms with E-state index in [1.165, 1.54) is 6.07 Å². The minimum atomic E-state index is -0.748. The van der Waals surface area contributed by atoms with Gasteiger partial charge in [-0.1, -0.05) is 6.07 Å². The predicted molar refractivity (Wildman–Crippen MR) is 106 cm³/mol. The molecule has 0 saturated heterocycles. The maximum atomic E-state index is 12.1. The Morgan fingerprint density at radius 3 is 2.19 bits per heavy atom. The first kappa shape index (κ1) is 18.9. The third-order valence-electron chi connectivity index (χ3n) is 3.63. The Bertz CT molecular complexity index is 985. The van der Waals surface area contributed by atoms with Gasteiger partial charge in [0.1, 0.15) is 22.8 Å². The van der Waals surface area contributed by atoms with E-state index in [0.717, 1.165) is 0 Å². The molecule has 0 atom stereocenters. The lowest BCUT2D eigenvalue weighted by Gasteiger charge is -2.08. The second-order valence-electron chi connectivity index (χ2n) is 5.30. The number of esters is 1. The van der Waals surface area contributed by atoms with Crippen molar-refractivity contribution in [3.05, 3.63) is 66.2 Å². The number of aldehydes is 1. The Morgan fingerprint density at radius 1 is 0.962 bits per heavy atom. The molecule has 2 aromatic carbocycles. The van der Waals surface area contributed by atoms with Crippen molar-refractivity contribution >= 4 is 71.7 Å². The number of hydrogen-bond acceptors (Lipinski definition) is 5. The van der Waals surface area contributed by atoms with E-state index < -0.39 is 5.97 Å². The van der Waals surface area contributed by atoms with Crippen molar-refractivity contribution in [3.8, 4) is 11.5 Å². The van der Waals surface area contributed by atoms with Crippen molar-refractivity contribution < 1.29 is 24.5 Å². The van der Waals surface area contributed by atoms with Crippen LogP contribution in [0.4, 0.5) is 0 Å². The van der Waals surface area contributed by atoms with E-state index in [2.05, 4.69) is 47.8 Å². The van der Waals surface area contributed by atoms with Crippen LogP contribution in [0.15, 0.2) is 55.1 Å². The van der Waals surface area contributed by atoms with Crippen molar-refractivity contribution in [1.82, 2.24) is 0 Å². The summed E-state index contributed by atoms with van der Waals surface area (Å²) >= 11 is 9.70. The molecule has 2 aromatic rings. The van der Waals surface area contributed by atoms with Crippen LogP contribution in [0, 0.1) is 0 Å². The van der Waals surface area contributed by atoms with E-state index in [0.29, 0.717) is 36.4 Å². The van der Waals surface area contributed by atoms with E-state index in [1.807, 2.05) is 0 Å². The lowest BCUT2D eigenvalue weighted by molar-refractivity contribution is -0.133. The molecule has 1 aliphatic rings. The van der Waals surface area contributed by atoms with Gasteiger partial charge in [-0.2, -0.15) is 0 Å². The molecule has 132 valence electrons. The van der Waals surface area contributed by atoms with Crippen molar-refractivity contribution in [2.24, 2.45) is 0 Å². The summed E-state index contributed by atoms with van der Waals surface area (Å²) in [7, 11) is 0. The lowest BCUT2D eigenvalue weighted by atomic mass is 9.99. The molecule has 1 heterocycles. The number of cyclic esters (lactones) is 1. The molecule has 0 saturated carbocycles. The Hall–Kier alpha value is -1.90. The summed E-state index contributed by atoms with van der Waals surface area (Å²) in [5.74, 6) is -0.479. The molecule has 8 heteroatoms. The van der Waals surface area contributed by atoms with Gasteiger partial charge in [0, 0.05) is 5.57 Å². The zero-order chi connectivity index (χ0) is 19.0. The second-order valence-corrected chi connectivity index (χ2v) is 7.87. The van der Waals surface area contributed by atoms with Crippen LogP contribution >= 0.6 is 47.8 Å². The summed E-state index contributed by atoms with van der Waals surface area (Å²) in [5.41, 5.74) is 1.38. The van der Waals surface area contributed by atoms with Crippen molar-refractivity contribution in [2.45, 2.75) is 0 Å². The number of carbonyl (C=O) groups excluding carboxylic acids is 2. The normalized spacial score (nSPS) is 15.5. The summed E-state index contributed by atoms with van der Waals surface area (Å²) in [6.45, 7) is 0. The average molecular weight is 545 g/mol. The van der Waals surface area contributed by atoms with Crippen LogP contribution in [0.3, 0.4) is 0 Å². The maximum absolute atomic E-state index is 12.1. The number of ether oxygens (including phenoxy) is 1. The number of aromatic hydroxyl groups is 2. The van der Waals surface area contributed by atoms with Gasteiger partial charge in [0.05, 0.1) is 13.4 Å². The zero-order valence-corrected chi connectivity index (χ0v) is 17.6. The van der Waals surface area contributed by atoms with Crippen LogP contribution in [0.2, 0.25) is 0 Å². The van der Waals surface area contributed by atoms with E-state index in [-0.39, 0.29) is 22.8 Å². The monoisotopic (exact) mass is 542 g/mol. The highest BCUT2D eigenvalue weighted by Crippen LogP contribution is 2.39. The van der Waals surface area contributed by atoms with Gasteiger partial charge in [-0.15, -0.1) is 0 Å². The lowest BCUT2D eigenvalue weighted by Crippen LogP contribution is -1.99. The molecule has 0 radical (unpaired) electrons. The minimum absolute atomic E-state index is 0.0316. The smallest absolute Gasteiger partial charge is 0.347 e. The Morgan fingerprint density at radius 2 is 1.62 bits per heavy atom. The van der Waals surface area contributed by atoms with Crippen LogP contribution in [-0.4, -0.2) is 22.5 Å². The van der Waals surface area contributed by atoms with Gasteiger partial charge in [0.25, 0.3) is 0 Å². The van der Waals surface area contributed by atoms with Gasteiger partial charge in [-0.25, -0.2) is 4.79 Å². The van der Waals surface area contributed by atoms with Gasteiger partial charge in [-0.3, -0.25) is 4.79 Å². The molecule has 1 aliphatic heterocycles. The molecule has 0 spiro atoms. The Balaban J connectivity index is 2.17. The van der Waals surface area contributed by atoms with E-state index in [4.69, 9.17) is 4.74 Å². The fraction of sp³-hybridized carbons (Fsp3) is 0. The number of rotatable bonds is 3. The molecule has 2 N–H and O–H groups in total. The number of phenolic OH excluding ortho intramolecular Hbond substituents is 2. The highest BCUT2D eigenvalue weighted by molar-refractivity contribution is 9.11. The van der Waals surface area contributed by atoms with Gasteiger partial charge < -0.3 is 14.9 Å². The summed E-state index contributed by atoms with van der Waals surface area (Å²) in [4.78, 5) is 23.5. The summed E-state index contributed by atoms with van der Waals surface area (Å²) in [6.07, 6.45) is 2.03. The first-order valence-corrected chi connectivity index (χ1v) is 9.50. The SMILES string of the molecule is O=CC1=C(c2ccc(O)c(Br)c2)/C(=C/c2cc(Br)c(O)c(Br)c2)OC1=O. The van der Waals surface area contributed by atoms with Crippen molar-refractivity contribution in [2.75, 3.05) is 0 Å². The van der Waals surface area contributed by atoms with Gasteiger partial charge in [0.15, 0.2) is 6.29 Å². The molecular formula is C18H9Br3O5. The predicted octanol–water partition coefficient (Wildman–Crippen LogP) is 4.94. The number of halogens is 3. The summed E-state index contributed by atoms with van der Waals surface area (Å²) in [6, 6.07) is 7.90. The Labute approximate surface area is 173 Å². The van der Waals surface area contributed by atoms with E-state index in [1.54, 1.807) is 30.3 Å². The highest BCUT2D eigenvalue weighted by Gasteiger charge is 2.31. The van der Waals surface area contributed by atoms with E-state index in [9.17, 15) is 19.8 Å². The number of phenols is 2. The summed E-state index contributed by atoms with van der Waals surface area (Å²) < 4.78 is 6.59. The first-order chi connectivity index (χ1) is 12.3. The molecular weight excluding hydrogens is 536 g/mol. The molecule has 0 aromatic heterocycles. The van der Waals surface area contributed by atoms with Crippen LogP contribution in [0.5, 0.6) is 11.5 Å². The Kier molecular flexibility index (Phi) is 5.36.